The van der Waals surface area contributed by atoms with Gasteiger partial charge in [0.25, 0.3) is 5.91 Å². The highest BCUT2D eigenvalue weighted by Gasteiger charge is 2.44. The topological polar surface area (TPSA) is 116 Å². The molecule has 5 rings (SSSR count). The van der Waals surface area contributed by atoms with Gasteiger partial charge in [-0.15, -0.1) is 5.10 Å². The van der Waals surface area contributed by atoms with E-state index in [9.17, 15) is 4.79 Å². The van der Waals surface area contributed by atoms with E-state index in [2.05, 4.69) is 25.5 Å². The van der Waals surface area contributed by atoms with Crippen LogP contribution in [-0.4, -0.2) is 54.1 Å². The highest BCUT2D eigenvalue weighted by Crippen LogP contribution is 2.44. The molecule has 1 saturated heterocycles. The van der Waals surface area contributed by atoms with E-state index < -0.39 is 0 Å². The normalized spacial score (nSPS) is 20.8. The van der Waals surface area contributed by atoms with Crippen molar-refractivity contribution in [2.24, 2.45) is 0 Å². The van der Waals surface area contributed by atoms with Gasteiger partial charge < -0.3 is 10.6 Å². The first-order valence-corrected chi connectivity index (χ1v) is 9.84. The number of aryl methyl sites for hydroxylation is 1. The first-order valence-electron chi connectivity index (χ1n) is 9.84. The number of anilines is 1. The zero-order valence-corrected chi connectivity index (χ0v) is 16.0. The maximum atomic E-state index is 13.2. The number of fused-ring (bicyclic) bond motifs is 2. The second-order valence-corrected chi connectivity index (χ2v) is 7.92. The van der Waals surface area contributed by atoms with Crippen LogP contribution in [0.2, 0.25) is 0 Å². The molecule has 1 aliphatic carbocycles. The molecule has 1 aliphatic heterocycles. The van der Waals surface area contributed by atoms with Gasteiger partial charge in [0.05, 0.1) is 12.2 Å². The number of benzene rings is 1. The molecule has 9 heteroatoms. The number of hydrogen-bond acceptors (Lipinski definition) is 7. The fourth-order valence-electron chi connectivity index (χ4n) is 4.63. The largest absolute Gasteiger partial charge is 0.368 e. The Labute approximate surface area is 168 Å². The van der Waals surface area contributed by atoms with Crippen molar-refractivity contribution in [1.29, 1.82) is 0 Å². The van der Waals surface area contributed by atoms with E-state index in [-0.39, 0.29) is 11.3 Å². The molecule has 1 atom stereocenters. The van der Waals surface area contributed by atoms with Gasteiger partial charge in [-0.2, -0.15) is 0 Å². The Morgan fingerprint density at radius 1 is 1.21 bits per heavy atom. The Balaban J connectivity index is 1.34. The summed E-state index contributed by atoms with van der Waals surface area (Å²) in [5.74, 6) is 0.375. The zero-order valence-electron chi connectivity index (χ0n) is 16.0. The van der Waals surface area contributed by atoms with Gasteiger partial charge in [-0.25, -0.2) is 14.6 Å². The quantitative estimate of drug-likeness (QED) is 0.715. The van der Waals surface area contributed by atoms with Crippen molar-refractivity contribution < 1.29 is 4.79 Å². The number of nitrogen functional groups attached to an aromatic ring is 1. The number of hydrogen-bond donors (Lipinski definition) is 1. The summed E-state index contributed by atoms with van der Waals surface area (Å²) >= 11 is 0. The standard InChI is InChI=1S/C20H22N8O/c21-19-22-10-16-6-8-20(17(16)24-19)7-1-9-27(12-20)18(29)15-4-2-14(3-5-15)11-28-13-23-25-26-28/h2-5,10,13H,1,6-9,11-12H2,(H2,21,22,24). The average Bonchev–Trinajstić information content (AvgIpc) is 3.37. The van der Waals surface area contributed by atoms with E-state index in [0.29, 0.717) is 24.6 Å². The van der Waals surface area contributed by atoms with Crippen molar-refractivity contribution in [3.05, 3.63) is 59.2 Å². The molecule has 9 nitrogen and oxygen atoms in total. The summed E-state index contributed by atoms with van der Waals surface area (Å²) in [6.45, 7) is 2.02. The molecule has 3 aromatic rings. The van der Waals surface area contributed by atoms with E-state index in [4.69, 9.17) is 5.73 Å². The van der Waals surface area contributed by atoms with Crippen molar-refractivity contribution >= 4 is 11.9 Å². The van der Waals surface area contributed by atoms with Crippen LogP contribution >= 0.6 is 0 Å². The van der Waals surface area contributed by atoms with Gasteiger partial charge in [-0.1, -0.05) is 12.1 Å². The Morgan fingerprint density at radius 2 is 2.07 bits per heavy atom. The summed E-state index contributed by atoms with van der Waals surface area (Å²) < 4.78 is 1.65. The maximum Gasteiger partial charge on any atom is 0.253 e. The van der Waals surface area contributed by atoms with Crippen molar-refractivity contribution in [3.63, 3.8) is 0 Å². The van der Waals surface area contributed by atoms with E-state index in [0.717, 1.165) is 43.5 Å². The van der Waals surface area contributed by atoms with Crippen LogP contribution in [0.1, 0.15) is 46.4 Å². The number of nitrogens with two attached hydrogens (primary N) is 1. The second kappa shape index (κ2) is 6.91. The number of amides is 1. The minimum Gasteiger partial charge on any atom is -0.368 e. The summed E-state index contributed by atoms with van der Waals surface area (Å²) in [7, 11) is 0. The molecule has 3 heterocycles. The number of carbonyl (C=O) groups is 1. The smallest absolute Gasteiger partial charge is 0.253 e. The third kappa shape index (κ3) is 3.22. The molecule has 1 aromatic carbocycles. The molecule has 2 aliphatic rings. The number of aromatic nitrogens is 6. The van der Waals surface area contributed by atoms with Gasteiger partial charge in [-0.3, -0.25) is 4.79 Å². The van der Waals surface area contributed by atoms with Gasteiger partial charge in [0, 0.05) is 30.3 Å². The van der Waals surface area contributed by atoms with E-state index in [1.54, 1.807) is 11.0 Å². The number of rotatable bonds is 3. The van der Waals surface area contributed by atoms with Crippen LogP contribution in [0.15, 0.2) is 36.8 Å². The molecule has 0 saturated carbocycles. The summed E-state index contributed by atoms with van der Waals surface area (Å²) in [6, 6.07) is 7.67. The predicted octanol–water partition coefficient (Wildman–Crippen LogP) is 1.21. The molecule has 2 aromatic heterocycles. The first-order chi connectivity index (χ1) is 14.1. The molecular formula is C20H22N8O. The summed E-state index contributed by atoms with van der Waals surface area (Å²) in [6.07, 6.45) is 7.36. The monoisotopic (exact) mass is 390 g/mol. The lowest BCUT2D eigenvalue weighted by Gasteiger charge is -2.40. The molecule has 148 valence electrons. The van der Waals surface area contributed by atoms with E-state index in [1.807, 2.05) is 35.4 Å². The van der Waals surface area contributed by atoms with Gasteiger partial charge >= 0.3 is 0 Å². The van der Waals surface area contributed by atoms with Crippen LogP contribution in [0.25, 0.3) is 0 Å². The van der Waals surface area contributed by atoms with Crippen LogP contribution in [0, 0.1) is 0 Å². The van der Waals surface area contributed by atoms with Crippen LogP contribution in [0.5, 0.6) is 0 Å². The number of likely N-dealkylation sites (tertiary alicyclic amines) is 1. The van der Waals surface area contributed by atoms with E-state index >= 15 is 0 Å². The number of piperidine rings is 1. The molecule has 0 bridgehead atoms. The average molecular weight is 390 g/mol. The lowest BCUT2D eigenvalue weighted by atomic mass is 9.77. The van der Waals surface area contributed by atoms with Gasteiger partial charge in [-0.05, 0) is 59.4 Å². The fraction of sp³-hybridized carbons (Fsp3) is 0.400. The van der Waals surface area contributed by atoms with Gasteiger partial charge in [0.1, 0.15) is 6.33 Å². The fourth-order valence-corrected chi connectivity index (χ4v) is 4.63. The molecular weight excluding hydrogens is 368 g/mol. The summed E-state index contributed by atoms with van der Waals surface area (Å²) in [4.78, 5) is 23.8. The SMILES string of the molecule is Nc1ncc2c(n1)C1(CCCN(C(=O)c3ccc(Cn4cnnn4)cc3)C1)CC2. The molecule has 1 unspecified atom stereocenters. The molecule has 1 amide bonds. The Hall–Kier alpha value is -3.36. The van der Waals surface area contributed by atoms with Crippen LogP contribution in [0.3, 0.4) is 0 Å². The third-order valence-electron chi connectivity index (χ3n) is 6.06. The van der Waals surface area contributed by atoms with Gasteiger partial charge in [0.2, 0.25) is 5.95 Å². The predicted molar refractivity (Wildman–Crippen MR) is 105 cm³/mol. The third-order valence-corrected chi connectivity index (χ3v) is 6.06. The molecule has 1 spiro atoms. The van der Waals surface area contributed by atoms with Crippen molar-refractivity contribution in [1.82, 2.24) is 35.1 Å². The van der Waals surface area contributed by atoms with Gasteiger partial charge in [0.15, 0.2) is 0 Å². The highest BCUT2D eigenvalue weighted by molar-refractivity contribution is 5.94. The van der Waals surface area contributed by atoms with Crippen LogP contribution < -0.4 is 5.73 Å². The Morgan fingerprint density at radius 3 is 2.86 bits per heavy atom. The summed E-state index contributed by atoms with van der Waals surface area (Å²) in [5, 5.41) is 11.1. The number of nitrogens with zero attached hydrogens (tertiary/aromatic N) is 7. The summed E-state index contributed by atoms with van der Waals surface area (Å²) in [5.41, 5.74) is 9.70. The van der Waals surface area contributed by atoms with Crippen molar-refractivity contribution in [2.75, 3.05) is 18.8 Å². The lowest BCUT2D eigenvalue weighted by molar-refractivity contribution is 0.0633. The van der Waals surface area contributed by atoms with Crippen molar-refractivity contribution in [3.8, 4) is 0 Å². The minimum absolute atomic E-state index is 0.0634. The van der Waals surface area contributed by atoms with Crippen LogP contribution in [0.4, 0.5) is 5.95 Å². The molecule has 29 heavy (non-hydrogen) atoms. The number of tetrazole rings is 1. The van der Waals surface area contributed by atoms with E-state index in [1.165, 1.54) is 5.56 Å². The van der Waals surface area contributed by atoms with Crippen molar-refractivity contribution in [2.45, 2.75) is 37.6 Å². The lowest BCUT2D eigenvalue weighted by Crippen LogP contribution is -2.48. The molecule has 1 fully saturated rings. The molecule has 0 radical (unpaired) electrons. The first kappa shape index (κ1) is 17.7. The molecule has 2 N–H and O–H groups in total. The Bertz CT molecular complexity index is 1030. The maximum absolute atomic E-state index is 13.2. The number of carbonyl (C=O) groups excluding carboxylic acids is 1. The second-order valence-electron chi connectivity index (χ2n) is 7.92. The minimum atomic E-state index is -0.0969. The zero-order chi connectivity index (χ0) is 19.8. The van der Waals surface area contributed by atoms with Crippen LogP contribution in [-0.2, 0) is 18.4 Å². The Kier molecular flexibility index (Phi) is 4.22. The highest BCUT2D eigenvalue weighted by atomic mass is 16.2.